The Balaban J connectivity index is 2.09. The molecule has 1 amide bonds. The summed E-state index contributed by atoms with van der Waals surface area (Å²) in [6, 6.07) is 6.85. The van der Waals surface area contributed by atoms with Crippen LogP contribution in [0.5, 0.6) is 5.75 Å². The molecule has 150 valence electrons. The Labute approximate surface area is 165 Å². The van der Waals surface area contributed by atoms with Gasteiger partial charge in [0.1, 0.15) is 11.6 Å². The first-order valence-corrected chi connectivity index (χ1v) is 9.70. The maximum Gasteiger partial charge on any atom is 0.405 e. The third-order valence-electron chi connectivity index (χ3n) is 5.69. The number of halogens is 1. The second-order valence-corrected chi connectivity index (χ2v) is 8.27. The lowest BCUT2D eigenvalue weighted by Gasteiger charge is -2.40. The van der Waals surface area contributed by atoms with Crippen molar-refractivity contribution in [2.75, 3.05) is 6.61 Å². The highest BCUT2D eigenvalue weighted by molar-refractivity contribution is 5.70. The minimum Gasteiger partial charge on any atom is -0.493 e. The van der Waals surface area contributed by atoms with E-state index in [2.05, 4.69) is 5.32 Å². The molecule has 0 bridgehead atoms. The fraction of sp³-hybridized carbons (Fsp3) is 0.435. The van der Waals surface area contributed by atoms with Crippen molar-refractivity contribution in [1.82, 2.24) is 5.32 Å². The van der Waals surface area contributed by atoms with E-state index in [0.29, 0.717) is 12.2 Å². The van der Waals surface area contributed by atoms with Crippen LogP contribution >= 0.6 is 0 Å². The maximum atomic E-state index is 15.1. The highest BCUT2D eigenvalue weighted by atomic mass is 19.1. The summed E-state index contributed by atoms with van der Waals surface area (Å²) in [5.41, 5.74) is 4.76. The van der Waals surface area contributed by atoms with Gasteiger partial charge in [-0.3, -0.25) is 0 Å². The molecule has 28 heavy (non-hydrogen) atoms. The smallest absolute Gasteiger partial charge is 0.405 e. The van der Waals surface area contributed by atoms with Crippen LogP contribution in [0.2, 0.25) is 0 Å². The predicted molar refractivity (Wildman–Crippen MR) is 108 cm³/mol. The van der Waals surface area contributed by atoms with Gasteiger partial charge in [0.2, 0.25) is 0 Å². The second-order valence-electron chi connectivity index (χ2n) is 8.27. The molecule has 2 aromatic rings. The van der Waals surface area contributed by atoms with Gasteiger partial charge in [0.15, 0.2) is 0 Å². The zero-order valence-electron chi connectivity index (χ0n) is 17.1. The van der Waals surface area contributed by atoms with Gasteiger partial charge < -0.3 is 15.2 Å². The third-order valence-corrected chi connectivity index (χ3v) is 5.69. The first-order valence-electron chi connectivity index (χ1n) is 9.70. The van der Waals surface area contributed by atoms with Gasteiger partial charge in [-0.05, 0) is 91.1 Å². The van der Waals surface area contributed by atoms with E-state index in [0.717, 1.165) is 46.4 Å². The molecule has 1 atom stereocenters. The van der Waals surface area contributed by atoms with Crippen LogP contribution in [-0.4, -0.2) is 17.8 Å². The number of amides is 1. The zero-order chi connectivity index (χ0) is 20.6. The van der Waals surface area contributed by atoms with Crippen molar-refractivity contribution in [2.45, 2.75) is 53.5 Å². The van der Waals surface area contributed by atoms with Gasteiger partial charge in [0, 0.05) is 5.56 Å². The number of carbonyl (C=O) groups is 1. The number of carboxylic acid groups (broad SMARTS) is 1. The molecule has 2 aromatic carbocycles. The molecule has 0 saturated heterocycles. The number of hydrogen-bond donors (Lipinski definition) is 2. The fourth-order valence-corrected chi connectivity index (χ4v) is 4.24. The molecule has 4 nitrogen and oxygen atoms in total. The van der Waals surface area contributed by atoms with Crippen LogP contribution in [0.25, 0.3) is 11.1 Å². The van der Waals surface area contributed by atoms with Crippen molar-refractivity contribution in [1.29, 1.82) is 0 Å². The lowest BCUT2D eigenvalue weighted by Crippen LogP contribution is -2.40. The normalized spacial score (nSPS) is 17.7. The van der Waals surface area contributed by atoms with E-state index in [1.54, 1.807) is 0 Å². The summed E-state index contributed by atoms with van der Waals surface area (Å²) in [5, 5.41) is 11.8. The number of hydrogen-bond acceptors (Lipinski definition) is 2. The predicted octanol–water partition coefficient (Wildman–Crippen LogP) is 5.79. The van der Waals surface area contributed by atoms with Crippen LogP contribution in [0.4, 0.5) is 9.18 Å². The van der Waals surface area contributed by atoms with Crippen molar-refractivity contribution in [2.24, 2.45) is 5.41 Å². The van der Waals surface area contributed by atoms with Crippen molar-refractivity contribution in [3.05, 3.63) is 52.3 Å². The van der Waals surface area contributed by atoms with Gasteiger partial charge in [0.25, 0.3) is 0 Å². The molecule has 0 aliphatic heterocycles. The molecule has 0 saturated carbocycles. The van der Waals surface area contributed by atoms with Crippen LogP contribution < -0.4 is 10.1 Å². The lowest BCUT2D eigenvalue weighted by atomic mass is 9.70. The highest BCUT2D eigenvalue weighted by Gasteiger charge is 2.37. The Morgan fingerprint density at radius 3 is 2.46 bits per heavy atom. The van der Waals surface area contributed by atoms with E-state index >= 15 is 4.39 Å². The van der Waals surface area contributed by atoms with Gasteiger partial charge in [-0.25, -0.2) is 9.18 Å². The maximum absolute atomic E-state index is 15.1. The number of ether oxygens (including phenoxy) is 1. The van der Waals surface area contributed by atoms with E-state index in [-0.39, 0.29) is 11.2 Å². The number of fused-ring (bicyclic) bond motifs is 1. The molecule has 1 aliphatic carbocycles. The Morgan fingerprint density at radius 1 is 1.25 bits per heavy atom. The Bertz CT molecular complexity index is 897. The number of benzene rings is 2. The fourth-order valence-electron chi connectivity index (χ4n) is 4.24. The number of nitrogens with one attached hydrogen (secondary N) is 1. The minimum atomic E-state index is -1.09. The average Bonchev–Trinajstić information content (AvgIpc) is 2.60. The summed E-state index contributed by atoms with van der Waals surface area (Å²) in [4.78, 5) is 11.3. The minimum absolute atomic E-state index is 0.272. The molecule has 0 spiro atoms. The zero-order valence-corrected chi connectivity index (χ0v) is 17.1. The van der Waals surface area contributed by atoms with Crippen LogP contribution in [0.3, 0.4) is 0 Å². The van der Waals surface area contributed by atoms with Crippen LogP contribution in [0.15, 0.2) is 24.3 Å². The van der Waals surface area contributed by atoms with E-state index in [9.17, 15) is 9.90 Å². The molecule has 5 heteroatoms. The summed E-state index contributed by atoms with van der Waals surface area (Å²) in [7, 11) is 0. The molecule has 0 fully saturated rings. The number of aryl methyl sites for hydroxylation is 3. The van der Waals surface area contributed by atoms with Crippen LogP contribution in [0.1, 0.15) is 55.5 Å². The first kappa shape index (κ1) is 20.2. The van der Waals surface area contributed by atoms with Crippen molar-refractivity contribution < 1.29 is 19.0 Å². The average molecular weight is 385 g/mol. The van der Waals surface area contributed by atoms with Gasteiger partial charge in [-0.15, -0.1) is 0 Å². The van der Waals surface area contributed by atoms with Gasteiger partial charge in [0.05, 0.1) is 12.6 Å². The molecule has 1 aliphatic rings. The molecule has 0 heterocycles. The quantitative estimate of drug-likeness (QED) is 0.700. The topological polar surface area (TPSA) is 58.6 Å². The van der Waals surface area contributed by atoms with Gasteiger partial charge >= 0.3 is 6.09 Å². The summed E-state index contributed by atoms with van der Waals surface area (Å²) in [5.74, 6) is 0.508. The van der Waals surface area contributed by atoms with E-state index in [1.807, 2.05) is 52.8 Å². The molecular weight excluding hydrogens is 357 g/mol. The second kappa shape index (κ2) is 7.46. The Kier molecular flexibility index (Phi) is 5.37. The molecule has 0 unspecified atom stereocenters. The highest BCUT2D eigenvalue weighted by Crippen LogP contribution is 2.45. The molecule has 2 N–H and O–H groups in total. The number of rotatable bonds is 4. The monoisotopic (exact) mass is 385 g/mol. The van der Waals surface area contributed by atoms with Crippen molar-refractivity contribution in [3.63, 3.8) is 0 Å². The molecule has 0 radical (unpaired) electrons. The van der Waals surface area contributed by atoms with Crippen LogP contribution in [-0.2, 0) is 6.42 Å². The summed E-state index contributed by atoms with van der Waals surface area (Å²) < 4.78 is 20.8. The Hall–Kier alpha value is -2.56. The lowest BCUT2D eigenvalue weighted by molar-refractivity contribution is 0.161. The summed E-state index contributed by atoms with van der Waals surface area (Å²) in [6.07, 6.45) is 0.535. The Morgan fingerprint density at radius 2 is 1.89 bits per heavy atom. The van der Waals surface area contributed by atoms with Gasteiger partial charge in [-0.2, -0.15) is 0 Å². The first-order chi connectivity index (χ1) is 13.1. The largest absolute Gasteiger partial charge is 0.493 e. The molecule has 0 aromatic heterocycles. The van der Waals surface area contributed by atoms with E-state index in [4.69, 9.17) is 4.74 Å². The SMILES string of the molecule is CCOc1c(C)cc(-c2cc3c(cc2F)[C@H](NC(=O)O)C(C)(C)CC3)cc1C. The molecular formula is C23H28FNO3. The third kappa shape index (κ3) is 3.71. The van der Waals surface area contributed by atoms with Gasteiger partial charge in [-0.1, -0.05) is 13.8 Å². The van der Waals surface area contributed by atoms with Crippen molar-refractivity contribution in [3.8, 4) is 16.9 Å². The van der Waals surface area contributed by atoms with E-state index < -0.39 is 12.1 Å². The van der Waals surface area contributed by atoms with E-state index in [1.165, 1.54) is 6.07 Å². The summed E-state index contributed by atoms with van der Waals surface area (Å²) in [6.45, 7) is 10.5. The summed E-state index contributed by atoms with van der Waals surface area (Å²) >= 11 is 0. The standard InChI is InChI=1S/C23H28FNO3/c1-6-28-20-13(2)9-16(10-14(20)3)17-11-15-7-8-23(4,5)21(25-22(26)27)18(15)12-19(17)24/h9-12,21,25H,6-8H2,1-5H3,(H,26,27)/t21-/m0/s1. The van der Waals surface area contributed by atoms with Crippen molar-refractivity contribution >= 4 is 6.09 Å². The van der Waals surface area contributed by atoms with Crippen LogP contribution in [0, 0.1) is 25.1 Å². The molecule has 3 rings (SSSR count).